The molecule has 0 bridgehead atoms. The van der Waals surface area contributed by atoms with E-state index in [1.807, 2.05) is 18.2 Å². The van der Waals surface area contributed by atoms with Gasteiger partial charge in [-0.3, -0.25) is 0 Å². The van der Waals surface area contributed by atoms with Gasteiger partial charge in [-0.05, 0) is 37.8 Å². The highest BCUT2D eigenvalue weighted by molar-refractivity contribution is 5.68. The molecule has 0 radical (unpaired) electrons. The second-order valence-electron chi connectivity index (χ2n) is 5.28. The maximum absolute atomic E-state index is 6.03. The van der Waals surface area contributed by atoms with E-state index in [0.29, 0.717) is 6.04 Å². The lowest BCUT2D eigenvalue weighted by Gasteiger charge is -2.29. The first-order chi connectivity index (χ1) is 8.70. The number of anilines is 2. The Morgan fingerprint density at radius 2 is 2.00 bits per heavy atom. The predicted octanol–water partition coefficient (Wildman–Crippen LogP) is 3.66. The Balaban J connectivity index is 1.99. The lowest BCUT2D eigenvalue weighted by Crippen LogP contribution is -2.28. The average Bonchev–Trinajstić information content (AvgIpc) is 2.42. The highest BCUT2D eigenvalue weighted by Gasteiger charge is 2.20. The van der Waals surface area contributed by atoms with E-state index in [4.69, 9.17) is 10.5 Å². The van der Waals surface area contributed by atoms with Crippen LogP contribution in [0.5, 0.6) is 5.75 Å². The van der Waals surface area contributed by atoms with Crippen molar-refractivity contribution >= 4 is 11.4 Å². The van der Waals surface area contributed by atoms with Crippen LogP contribution < -0.4 is 15.8 Å². The van der Waals surface area contributed by atoms with Gasteiger partial charge >= 0.3 is 0 Å². The fourth-order valence-corrected chi connectivity index (χ4v) is 2.80. The zero-order chi connectivity index (χ0) is 13.0. The smallest absolute Gasteiger partial charge is 0.121 e. The fourth-order valence-electron chi connectivity index (χ4n) is 2.80. The Kier molecular flexibility index (Phi) is 4.34. The van der Waals surface area contributed by atoms with Crippen molar-refractivity contribution in [3.05, 3.63) is 18.2 Å². The highest BCUT2D eigenvalue weighted by Crippen LogP contribution is 2.30. The van der Waals surface area contributed by atoms with E-state index in [1.54, 1.807) is 7.11 Å². The molecule has 1 aliphatic rings. The molecule has 0 aromatic heterocycles. The second kappa shape index (κ2) is 5.98. The molecule has 0 saturated heterocycles. The maximum Gasteiger partial charge on any atom is 0.121 e. The molecule has 1 atom stereocenters. The van der Waals surface area contributed by atoms with Crippen LogP contribution in [0.2, 0.25) is 0 Å². The summed E-state index contributed by atoms with van der Waals surface area (Å²) < 4.78 is 5.16. The molecule has 3 heteroatoms. The standard InChI is InChI=1S/C15H24N2O/c1-11(12-6-4-3-5-7-12)17-15-9-8-13(18-2)10-14(15)16/h8-12,17H,3-7,16H2,1-2H3. The summed E-state index contributed by atoms with van der Waals surface area (Å²) in [7, 11) is 1.66. The van der Waals surface area contributed by atoms with Gasteiger partial charge in [-0.1, -0.05) is 19.3 Å². The van der Waals surface area contributed by atoms with Crippen molar-refractivity contribution in [3.63, 3.8) is 0 Å². The molecular formula is C15H24N2O. The normalized spacial score (nSPS) is 18.3. The van der Waals surface area contributed by atoms with Crippen LogP contribution in [0.3, 0.4) is 0 Å². The molecule has 0 aliphatic heterocycles. The third-order valence-corrected chi connectivity index (χ3v) is 4.00. The third kappa shape index (κ3) is 3.09. The summed E-state index contributed by atoms with van der Waals surface area (Å²) in [5.41, 5.74) is 7.82. The van der Waals surface area contributed by atoms with E-state index in [-0.39, 0.29) is 0 Å². The molecule has 100 valence electrons. The number of hydrogen-bond donors (Lipinski definition) is 2. The number of methoxy groups -OCH3 is 1. The SMILES string of the molecule is COc1ccc(NC(C)C2CCCCC2)c(N)c1. The number of nitrogen functional groups attached to an aromatic ring is 1. The van der Waals surface area contributed by atoms with E-state index in [2.05, 4.69) is 12.2 Å². The summed E-state index contributed by atoms with van der Waals surface area (Å²) in [6, 6.07) is 6.32. The summed E-state index contributed by atoms with van der Waals surface area (Å²) in [6.07, 6.45) is 6.81. The Hall–Kier alpha value is -1.38. The first-order valence-corrected chi connectivity index (χ1v) is 6.90. The summed E-state index contributed by atoms with van der Waals surface area (Å²) in [5, 5.41) is 3.55. The monoisotopic (exact) mass is 248 g/mol. The van der Waals surface area contributed by atoms with Gasteiger partial charge in [0.15, 0.2) is 0 Å². The topological polar surface area (TPSA) is 47.3 Å². The van der Waals surface area contributed by atoms with Crippen LogP contribution in [0.1, 0.15) is 39.0 Å². The Bertz CT molecular complexity index is 386. The molecule has 1 fully saturated rings. The van der Waals surface area contributed by atoms with E-state index in [1.165, 1.54) is 32.1 Å². The van der Waals surface area contributed by atoms with Crippen molar-refractivity contribution in [3.8, 4) is 5.75 Å². The molecule has 0 heterocycles. The van der Waals surface area contributed by atoms with Crippen molar-refractivity contribution in [2.75, 3.05) is 18.2 Å². The van der Waals surface area contributed by atoms with Crippen LogP contribution in [0.15, 0.2) is 18.2 Å². The molecule has 1 aromatic carbocycles. The summed E-state index contributed by atoms with van der Waals surface area (Å²) in [6.45, 7) is 2.26. The Morgan fingerprint density at radius 1 is 1.28 bits per heavy atom. The van der Waals surface area contributed by atoms with Gasteiger partial charge < -0.3 is 15.8 Å². The van der Waals surface area contributed by atoms with Gasteiger partial charge in [-0.25, -0.2) is 0 Å². The van der Waals surface area contributed by atoms with E-state index in [0.717, 1.165) is 23.0 Å². The fraction of sp³-hybridized carbons (Fsp3) is 0.600. The van der Waals surface area contributed by atoms with Crippen LogP contribution in [-0.2, 0) is 0 Å². The van der Waals surface area contributed by atoms with Gasteiger partial charge in [0.1, 0.15) is 5.75 Å². The van der Waals surface area contributed by atoms with Gasteiger partial charge in [-0.2, -0.15) is 0 Å². The number of rotatable bonds is 4. The molecule has 0 spiro atoms. The summed E-state index contributed by atoms with van der Waals surface area (Å²) in [4.78, 5) is 0. The van der Waals surface area contributed by atoms with Gasteiger partial charge in [0, 0.05) is 12.1 Å². The quantitative estimate of drug-likeness (QED) is 0.799. The molecule has 1 unspecified atom stereocenters. The first-order valence-electron chi connectivity index (χ1n) is 6.90. The molecule has 1 aliphatic carbocycles. The molecule has 1 aromatic rings. The molecule has 1 saturated carbocycles. The number of nitrogens with one attached hydrogen (secondary N) is 1. The summed E-state index contributed by atoms with van der Waals surface area (Å²) in [5.74, 6) is 1.59. The van der Waals surface area contributed by atoms with Gasteiger partial charge in [0.25, 0.3) is 0 Å². The van der Waals surface area contributed by atoms with Gasteiger partial charge in [-0.15, -0.1) is 0 Å². The van der Waals surface area contributed by atoms with Crippen molar-refractivity contribution in [1.29, 1.82) is 0 Å². The van der Waals surface area contributed by atoms with Crippen molar-refractivity contribution in [2.24, 2.45) is 5.92 Å². The summed E-state index contributed by atoms with van der Waals surface area (Å²) >= 11 is 0. The van der Waals surface area contributed by atoms with Crippen LogP contribution in [0.4, 0.5) is 11.4 Å². The minimum atomic E-state index is 0.487. The predicted molar refractivity (Wildman–Crippen MR) is 77.1 cm³/mol. The molecule has 3 nitrogen and oxygen atoms in total. The number of benzene rings is 1. The Labute approximate surface area is 110 Å². The molecule has 2 rings (SSSR count). The zero-order valence-electron chi connectivity index (χ0n) is 11.4. The lowest BCUT2D eigenvalue weighted by molar-refractivity contribution is 0.328. The van der Waals surface area contributed by atoms with Gasteiger partial charge in [0.05, 0.1) is 18.5 Å². The van der Waals surface area contributed by atoms with Crippen molar-refractivity contribution in [2.45, 2.75) is 45.1 Å². The maximum atomic E-state index is 6.03. The minimum Gasteiger partial charge on any atom is -0.497 e. The molecule has 3 N–H and O–H groups in total. The second-order valence-corrected chi connectivity index (χ2v) is 5.28. The van der Waals surface area contributed by atoms with Crippen LogP contribution >= 0.6 is 0 Å². The van der Waals surface area contributed by atoms with Crippen LogP contribution in [0, 0.1) is 5.92 Å². The van der Waals surface area contributed by atoms with E-state index < -0.39 is 0 Å². The minimum absolute atomic E-state index is 0.487. The zero-order valence-corrected chi connectivity index (χ0v) is 11.4. The van der Waals surface area contributed by atoms with Crippen molar-refractivity contribution < 1.29 is 4.74 Å². The third-order valence-electron chi connectivity index (χ3n) is 4.00. The highest BCUT2D eigenvalue weighted by atomic mass is 16.5. The van der Waals surface area contributed by atoms with E-state index in [9.17, 15) is 0 Å². The number of nitrogens with two attached hydrogens (primary N) is 1. The van der Waals surface area contributed by atoms with Gasteiger partial charge in [0.2, 0.25) is 0 Å². The number of ether oxygens (including phenoxy) is 1. The molecule has 18 heavy (non-hydrogen) atoms. The average molecular weight is 248 g/mol. The largest absolute Gasteiger partial charge is 0.497 e. The van der Waals surface area contributed by atoms with E-state index >= 15 is 0 Å². The molecule has 0 amide bonds. The van der Waals surface area contributed by atoms with Crippen LogP contribution in [-0.4, -0.2) is 13.2 Å². The number of hydrogen-bond acceptors (Lipinski definition) is 3. The lowest BCUT2D eigenvalue weighted by atomic mass is 9.84. The van der Waals surface area contributed by atoms with Crippen LogP contribution in [0.25, 0.3) is 0 Å². The van der Waals surface area contributed by atoms with Crippen molar-refractivity contribution in [1.82, 2.24) is 0 Å². The first kappa shape index (κ1) is 13.1. The molecular weight excluding hydrogens is 224 g/mol. The Morgan fingerprint density at radius 3 is 2.61 bits per heavy atom.